The van der Waals surface area contributed by atoms with Crippen molar-refractivity contribution in [3.8, 4) is 0 Å². The molecular weight excluding hydrogens is 347 g/mol. The van der Waals surface area contributed by atoms with Crippen molar-refractivity contribution < 1.29 is 14.0 Å². The van der Waals surface area contributed by atoms with Crippen LogP contribution in [0, 0.1) is 17.7 Å². The van der Waals surface area contributed by atoms with Gasteiger partial charge >= 0.3 is 6.03 Å². The van der Waals surface area contributed by atoms with Crippen LogP contribution in [0.2, 0.25) is 0 Å². The lowest BCUT2D eigenvalue weighted by atomic mass is 9.89. The molecule has 2 aliphatic heterocycles. The number of anilines is 1. The first-order valence-electron chi connectivity index (χ1n) is 9.80. The maximum absolute atomic E-state index is 13.8. The normalized spacial score (nSPS) is 26.0. The van der Waals surface area contributed by atoms with Crippen molar-refractivity contribution in [1.29, 1.82) is 0 Å². The van der Waals surface area contributed by atoms with E-state index in [2.05, 4.69) is 12.2 Å². The second kappa shape index (κ2) is 8.69. The largest absolute Gasteiger partial charge is 0.338 e. The van der Waals surface area contributed by atoms with Gasteiger partial charge in [-0.15, -0.1) is 0 Å². The lowest BCUT2D eigenvalue weighted by Gasteiger charge is -2.41. The van der Waals surface area contributed by atoms with Crippen LogP contribution in [0.3, 0.4) is 0 Å². The quantitative estimate of drug-likeness (QED) is 0.851. The number of hydrogen-bond donors (Lipinski definition) is 2. The average molecular weight is 376 g/mol. The zero-order valence-electron chi connectivity index (χ0n) is 15.9. The Morgan fingerprint density at radius 1 is 1.26 bits per heavy atom. The molecule has 2 saturated heterocycles. The van der Waals surface area contributed by atoms with Gasteiger partial charge in [-0.3, -0.25) is 4.79 Å². The number of likely N-dealkylation sites (tertiary alicyclic amines) is 2. The van der Waals surface area contributed by atoms with Crippen molar-refractivity contribution in [3.05, 3.63) is 30.1 Å². The molecule has 2 heterocycles. The summed E-state index contributed by atoms with van der Waals surface area (Å²) in [5.74, 6) is -0.00553. The number of piperidine rings is 2. The van der Waals surface area contributed by atoms with Crippen LogP contribution < -0.4 is 11.1 Å². The van der Waals surface area contributed by atoms with Gasteiger partial charge in [0.1, 0.15) is 5.82 Å². The van der Waals surface area contributed by atoms with Crippen LogP contribution in [0.4, 0.5) is 14.9 Å². The van der Waals surface area contributed by atoms with Gasteiger partial charge in [-0.2, -0.15) is 0 Å². The Morgan fingerprint density at radius 2 is 2.04 bits per heavy atom. The second-order valence-corrected chi connectivity index (χ2v) is 7.75. The van der Waals surface area contributed by atoms with Crippen molar-refractivity contribution in [2.24, 2.45) is 17.6 Å². The third kappa shape index (κ3) is 4.58. The highest BCUT2D eigenvalue weighted by Gasteiger charge is 2.36. The summed E-state index contributed by atoms with van der Waals surface area (Å²) < 4.78 is 13.8. The van der Waals surface area contributed by atoms with Crippen molar-refractivity contribution >= 4 is 17.6 Å². The van der Waals surface area contributed by atoms with Gasteiger partial charge in [0.05, 0.1) is 11.6 Å². The predicted octanol–water partition coefficient (Wildman–Crippen LogP) is 2.66. The molecule has 0 spiro atoms. The van der Waals surface area contributed by atoms with E-state index >= 15 is 0 Å². The van der Waals surface area contributed by atoms with E-state index in [0.717, 1.165) is 32.2 Å². The molecule has 3 unspecified atom stereocenters. The SMILES string of the molecule is CC1CCN(C(=O)C2CCCN(C(=O)Nc3ccccc3F)C2)C(CN)C1. The molecule has 27 heavy (non-hydrogen) atoms. The van der Waals surface area contributed by atoms with Gasteiger partial charge in [0, 0.05) is 32.2 Å². The molecule has 3 N–H and O–H groups in total. The number of halogens is 1. The van der Waals surface area contributed by atoms with Crippen LogP contribution in [0.1, 0.15) is 32.6 Å². The Bertz CT molecular complexity index is 684. The zero-order chi connectivity index (χ0) is 19.4. The van der Waals surface area contributed by atoms with Crippen molar-refractivity contribution in [3.63, 3.8) is 0 Å². The fourth-order valence-electron chi connectivity index (χ4n) is 4.12. The Morgan fingerprint density at radius 3 is 2.78 bits per heavy atom. The number of nitrogens with one attached hydrogen (secondary N) is 1. The molecule has 1 aromatic rings. The van der Waals surface area contributed by atoms with Crippen LogP contribution in [-0.2, 0) is 4.79 Å². The molecule has 0 aliphatic carbocycles. The molecule has 7 heteroatoms. The second-order valence-electron chi connectivity index (χ2n) is 7.75. The topological polar surface area (TPSA) is 78.7 Å². The first-order valence-corrected chi connectivity index (χ1v) is 9.80. The Labute approximate surface area is 159 Å². The standard InChI is InChI=1S/C20H29FN4O2/c1-14-8-10-25(16(11-14)12-22)19(26)15-5-4-9-24(13-15)20(27)23-18-7-3-2-6-17(18)21/h2-3,6-7,14-16H,4-5,8-13,22H2,1H3,(H,23,27). The Balaban J connectivity index is 1.62. The van der Waals surface area contributed by atoms with E-state index in [1.165, 1.54) is 12.1 Å². The molecule has 0 saturated carbocycles. The predicted molar refractivity (Wildman–Crippen MR) is 103 cm³/mol. The number of amides is 3. The van der Waals surface area contributed by atoms with Crippen LogP contribution in [0.25, 0.3) is 0 Å². The fourth-order valence-corrected chi connectivity index (χ4v) is 4.12. The molecule has 2 aliphatic rings. The number of carbonyl (C=O) groups is 2. The van der Waals surface area contributed by atoms with Gasteiger partial charge in [-0.05, 0) is 43.7 Å². The van der Waals surface area contributed by atoms with Crippen molar-refractivity contribution in [2.45, 2.75) is 38.6 Å². The minimum absolute atomic E-state index is 0.0869. The summed E-state index contributed by atoms with van der Waals surface area (Å²) in [6.45, 7) is 4.34. The van der Waals surface area contributed by atoms with Crippen LogP contribution in [0.5, 0.6) is 0 Å². The summed E-state index contributed by atoms with van der Waals surface area (Å²) in [5.41, 5.74) is 6.05. The number of urea groups is 1. The van der Waals surface area contributed by atoms with Crippen LogP contribution >= 0.6 is 0 Å². The lowest BCUT2D eigenvalue weighted by Crippen LogP contribution is -2.54. The van der Waals surface area contributed by atoms with Crippen LogP contribution in [0.15, 0.2) is 24.3 Å². The van der Waals surface area contributed by atoms with Gasteiger partial charge in [0.15, 0.2) is 0 Å². The number of nitrogens with zero attached hydrogens (tertiary/aromatic N) is 2. The van der Waals surface area contributed by atoms with Gasteiger partial charge < -0.3 is 20.9 Å². The Kier molecular flexibility index (Phi) is 6.31. The average Bonchev–Trinajstić information content (AvgIpc) is 2.69. The maximum Gasteiger partial charge on any atom is 0.321 e. The summed E-state index contributed by atoms with van der Waals surface area (Å²) in [5, 5.41) is 2.61. The smallest absolute Gasteiger partial charge is 0.321 e. The molecule has 6 nitrogen and oxygen atoms in total. The van der Waals surface area contributed by atoms with E-state index in [1.807, 2.05) is 4.90 Å². The lowest BCUT2D eigenvalue weighted by molar-refractivity contribution is -0.141. The first kappa shape index (κ1) is 19.6. The molecule has 3 rings (SSSR count). The first-order chi connectivity index (χ1) is 13.0. The number of benzene rings is 1. The van der Waals surface area contributed by atoms with Gasteiger partial charge in [-0.1, -0.05) is 19.1 Å². The van der Waals surface area contributed by atoms with Gasteiger partial charge in [-0.25, -0.2) is 9.18 Å². The summed E-state index contributed by atoms with van der Waals surface area (Å²) in [4.78, 5) is 29.1. The minimum Gasteiger partial charge on any atom is -0.338 e. The highest BCUT2D eigenvalue weighted by atomic mass is 19.1. The van der Waals surface area contributed by atoms with E-state index < -0.39 is 5.82 Å². The van der Waals surface area contributed by atoms with Crippen molar-refractivity contribution in [1.82, 2.24) is 9.80 Å². The molecule has 0 aromatic heterocycles. The number of rotatable bonds is 3. The summed E-state index contributed by atoms with van der Waals surface area (Å²) in [6.07, 6.45) is 3.46. The number of para-hydroxylation sites is 1. The monoisotopic (exact) mass is 376 g/mol. The zero-order valence-corrected chi connectivity index (χ0v) is 15.9. The minimum atomic E-state index is -0.469. The fraction of sp³-hybridized carbons (Fsp3) is 0.600. The molecule has 2 fully saturated rings. The van der Waals surface area contributed by atoms with Crippen molar-refractivity contribution in [2.75, 3.05) is 31.5 Å². The molecule has 1 aromatic carbocycles. The third-order valence-electron chi connectivity index (χ3n) is 5.71. The molecule has 3 atom stereocenters. The maximum atomic E-state index is 13.8. The highest BCUT2D eigenvalue weighted by Crippen LogP contribution is 2.27. The summed E-state index contributed by atoms with van der Waals surface area (Å²) >= 11 is 0. The highest BCUT2D eigenvalue weighted by molar-refractivity contribution is 5.90. The van der Waals surface area contributed by atoms with Gasteiger partial charge in [0.2, 0.25) is 5.91 Å². The van der Waals surface area contributed by atoms with Gasteiger partial charge in [0.25, 0.3) is 0 Å². The van der Waals surface area contributed by atoms with E-state index in [-0.39, 0.29) is 29.6 Å². The third-order valence-corrected chi connectivity index (χ3v) is 5.71. The molecule has 148 valence electrons. The van der Waals surface area contributed by atoms with E-state index in [9.17, 15) is 14.0 Å². The molecular formula is C20H29FN4O2. The summed E-state index contributed by atoms with van der Waals surface area (Å²) in [7, 11) is 0. The summed E-state index contributed by atoms with van der Waals surface area (Å²) in [6, 6.07) is 5.81. The van der Waals surface area contributed by atoms with Crippen LogP contribution in [-0.4, -0.2) is 54.0 Å². The number of nitrogens with two attached hydrogens (primary N) is 1. The molecule has 0 bridgehead atoms. The number of hydrogen-bond acceptors (Lipinski definition) is 3. The van der Waals surface area contributed by atoms with E-state index in [4.69, 9.17) is 5.73 Å². The molecule has 0 radical (unpaired) electrons. The number of carbonyl (C=O) groups excluding carboxylic acids is 2. The van der Waals surface area contributed by atoms with E-state index in [0.29, 0.717) is 25.6 Å². The van der Waals surface area contributed by atoms with E-state index in [1.54, 1.807) is 17.0 Å². The molecule has 3 amide bonds. The Hall–Kier alpha value is -2.15.